The molecule has 4 heterocycles. The first-order valence-corrected chi connectivity index (χ1v) is 12.2. The predicted octanol–water partition coefficient (Wildman–Crippen LogP) is 1.29. The maximum absolute atomic E-state index is 12.9. The molecular formula is C19H18N6O5S3. The summed E-state index contributed by atoms with van der Waals surface area (Å²) in [4.78, 5) is 52.6. The number of aromatic nitrogens is 2. The van der Waals surface area contributed by atoms with E-state index in [1.54, 1.807) is 23.7 Å². The molecule has 0 aromatic carbocycles. The maximum Gasteiger partial charge on any atom is 0.352 e. The number of thiazole rings is 2. The fourth-order valence-electron chi connectivity index (χ4n) is 3.31. The van der Waals surface area contributed by atoms with E-state index in [0.29, 0.717) is 11.3 Å². The molecule has 0 saturated carbocycles. The number of aryl methyl sites for hydroxylation is 1. The van der Waals surface area contributed by atoms with Gasteiger partial charge < -0.3 is 21.0 Å². The molecule has 0 aliphatic carbocycles. The van der Waals surface area contributed by atoms with E-state index in [2.05, 4.69) is 20.4 Å². The van der Waals surface area contributed by atoms with Crippen LogP contribution < -0.4 is 11.1 Å². The SMILES string of the molecule is CO/N=C(/C(=O)NC1C(=O)N2C(C(=O)O)=C(/C=C/c3cnc(C)s3)CS[C@H]12)c1csc(N)n1. The number of carbonyl (C=O) groups excluding carboxylic acids is 2. The van der Waals surface area contributed by atoms with Crippen molar-refractivity contribution in [2.24, 2.45) is 5.16 Å². The molecule has 0 spiro atoms. The lowest BCUT2D eigenvalue weighted by atomic mass is 10.0. The number of nitrogens with one attached hydrogen (secondary N) is 1. The molecular weight excluding hydrogens is 488 g/mol. The van der Waals surface area contributed by atoms with Gasteiger partial charge in [0.05, 0.1) is 5.01 Å². The van der Waals surface area contributed by atoms with Crippen LogP contribution >= 0.6 is 34.4 Å². The Hall–Kier alpha value is -3.23. The van der Waals surface area contributed by atoms with Crippen LogP contribution in [0, 0.1) is 6.92 Å². The number of carboxylic acids is 1. The van der Waals surface area contributed by atoms with E-state index in [1.165, 1.54) is 35.1 Å². The van der Waals surface area contributed by atoms with E-state index in [-0.39, 0.29) is 22.2 Å². The average molecular weight is 507 g/mol. The van der Waals surface area contributed by atoms with Crippen LogP contribution in [0.1, 0.15) is 15.6 Å². The Morgan fingerprint density at radius 2 is 2.21 bits per heavy atom. The fourth-order valence-corrected chi connectivity index (χ4v) is 5.86. The number of fused-ring (bicyclic) bond motifs is 1. The summed E-state index contributed by atoms with van der Waals surface area (Å²) in [6.07, 6.45) is 5.17. The third-order valence-corrected chi connectivity index (χ3v) is 7.59. The Balaban J connectivity index is 1.53. The van der Waals surface area contributed by atoms with E-state index < -0.39 is 29.2 Å². The first-order valence-electron chi connectivity index (χ1n) is 9.45. The number of allylic oxidation sites excluding steroid dienone is 1. The molecule has 2 aromatic heterocycles. The highest BCUT2D eigenvalue weighted by Gasteiger charge is 2.54. The van der Waals surface area contributed by atoms with Crippen molar-refractivity contribution in [1.29, 1.82) is 0 Å². The van der Waals surface area contributed by atoms with Gasteiger partial charge in [-0.25, -0.2) is 14.8 Å². The number of hydrogen-bond acceptors (Lipinski definition) is 11. The molecule has 0 bridgehead atoms. The number of rotatable bonds is 7. The third-order valence-electron chi connectivity index (χ3n) is 4.74. The normalized spacial score (nSPS) is 20.6. The molecule has 4 N–H and O–H groups in total. The summed E-state index contributed by atoms with van der Waals surface area (Å²) in [5.74, 6) is -2.05. The standard InChI is InChI=1S/C19H18N6O5S3/c1-8-21-5-10(33-8)4-3-9-6-31-17-13(16(27)25(17)14(9)18(28)29)23-15(26)12(24-30-2)11-7-32-19(20)22-11/h3-5,7,13,17H,6H2,1-2H3,(H2,20,22)(H,23,26)(H,28,29)/b4-3+,24-12+/t13?,17-/m1/s1. The number of nitrogen functional groups attached to an aromatic ring is 1. The van der Waals surface area contributed by atoms with Crippen LogP contribution in [0.15, 0.2) is 34.1 Å². The van der Waals surface area contributed by atoms with Crippen LogP contribution in [-0.4, -0.2) is 67.7 Å². The highest BCUT2D eigenvalue weighted by molar-refractivity contribution is 8.00. The van der Waals surface area contributed by atoms with Crippen LogP contribution in [0.5, 0.6) is 0 Å². The maximum atomic E-state index is 12.9. The summed E-state index contributed by atoms with van der Waals surface area (Å²) < 4.78 is 0. The summed E-state index contributed by atoms with van der Waals surface area (Å²) in [7, 11) is 1.28. The zero-order valence-electron chi connectivity index (χ0n) is 17.3. The molecule has 2 atom stereocenters. The third kappa shape index (κ3) is 4.49. The van der Waals surface area contributed by atoms with E-state index in [4.69, 9.17) is 10.6 Å². The number of β-lactam (4-membered cyclic amide) rings is 1. The van der Waals surface area contributed by atoms with Crippen LogP contribution in [-0.2, 0) is 19.2 Å². The van der Waals surface area contributed by atoms with Crippen molar-refractivity contribution in [1.82, 2.24) is 20.2 Å². The molecule has 4 rings (SSSR count). The Morgan fingerprint density at radius 3 is 2.82 bits per heavy atom. The largest absolute Gasteiger partial charge is 0.477 e. The number of aliphatic carboxylic acids is 1. The number of anilines is 1. The second kappa shape index (κ2) is 9.33. The summed E-state index contributed by atoms with van der Waals surface area (Å²) >= 11 is 3.97. The van der Waals surface area contributed by atoms with E-state index >= 15 is 0 Å². The quantitative estimate of drug-likeness (QED) is 0.286. The monoisotopic (exact) mass is 506 g/mol. The molecule has 2 aliphatic heterocycles. The number of oxime groups is 1. The van der Waals surface area contributed by atoms with Crippen LogP contribution in [0.4, 0.5) is 5.13 Å². The first-order chi connectivity index (χ1) is 15.8. The minimum absolute atomic E-state index is 0.0928. The molecule has 2 amide bonds. The van der Waals surface area contributed by atoms with Crippen LogP contribution in [0.2, 0.25) is 0 Å². The smallest absolute Gasteiger partial charge is 0.352 e. The number of hydrogen-bond donors (Lipinski definition) is 3. The lowest BCUT2D eigenvalue weighted by Gasteiger charge is -2.49. The minimum atomic E-state index is -1.21. The van der Waals surface area contributed by atoms with Crippen molar-refractivity contribution in [3.8, 4) is 0 Å². The number of carboxylic acid groups (broad SMARTS) is 1. The van der Waals surface area contributed by atoms with Crippen molar-refractivity contribution in [3.63, 3.8) is 0 Å². The van der Waals surface area contributed by atoms with Crippen molar-refractivity contribution >= 4 is 69.1 Å². The highest BCUT2D eigenvalue weighted by Crippen LogP contribution is 2.41. The second-order valence-corrected chi connectivity index (χ2v) is 10.1. The number of amides is 2. The molecule has 14 heteroatoms. The van der Waals surface area contributed by atoms with E-state index in [0.717, 1.165) is 21.2 Å². The number of carbonyl (C=O) groups is 3. The molecule has 1 unspecified atom stereocenters. The number of thioether (sulfide) groups is 1. The topological polar surface area (TPSA) is 160 Å². The van der Waals surface area contributed by atoms with Crippen molar-refractivity contribution in [3.05, 3.63) is 44.5 Å². The highest BCUT2D eigenvalue weighted by atomic mass is 32.2. The predicted molar refractivity (Wildman–Crippen MR) is 126 cm³/mol. The Morgan fingerprint density at radius 1 is 1.42 bits per heavy atom. The molecule has 1 saturated heterocycles. The molecule has 172 valence electrons. The average Bonchev–Trinajstić information content (AvgIpc) is 3.40. The minimum Gasteiger partial charge on any atom is -0.477 e. The van der Waals surface area contributed by atoms with Gasteiger partial charge in [0, 0.05) is 22.2 Å². The zero-order chi connectivity index (χ0) is 23.7. The van der Waals surface area contributed by atoms with Crippen molar-refractivity contribution in [2.45, 2.75) is 18.3 Å². The van der Waals surface area contributed by atoms with Gasteiger partial charge in [0.2, 0.25) is 0 Å². The van der Waals surface area contributed by atoms with Crippen molar-refractivity contribution in [2.75, 3.05) is 18.6 Å². The number of nitrogens with zero attached hydrogens (tertiary/aromatic N) is 4. The second-order valence-electron chi connectivity index (χ2n) is 6.85. The van der Waals surface area contributed by atoms with Crippen molar-refractivity contribution < 1.29 is 24.3 Å². The van der Waals surface area contributed by atoms with E-state index in [1.807, 2.05) is 6.92 Å². The van der Waals surface area contributed by atoms with E-state index in [9.17, 15) is 19.5 Å². The van der Waals surface area contributed by atoms with Gasteiger partial charge in [-0.05, 0) is 18.6 Å². The van der Waals surface area contributed by atoms with Gasteiger partial charge >= 0.3 is 5.97 Å². The zero-order valence-corrected chi connectivity index (χ0v) is 19.8. The Kier molecular flexibility index (Phi) is 6.49. The lowest BCUT2D eigenvalue weighted by Crippen LogP contribution is -2.71. The summed E-state index contributed by atoms with van der Waals surface area (Å²) in [5.41, 5.74) is 6.13. The van der Waals surface area contributed by atoms with Gasteiger partial charge in [-0.2, -0.15) is 0 Å². The summed E-state index contributed by atoms with van der Waals surface area (Å²) in [6.45, 7) is 1.88. The lowest BCUT2D eigenvalue weighted by molar-refractivity contribution is -0.150. The molecule has 1 fully saturated rings. The van der Waals surface area contributed by atoms with Gasteiger partial charge in [0.1, 0.15) is 29.9 Å². The Labute approximate surface area is 200 Å². The number of nitrogens with two attached hydrogens (primary N) is 1. The molecule has 11 nitrogen and oxygen atoms in total. The van der Waals surface area contributed by atoms with Gasteiger partial charge in [0.15, 0.2) is 10.8 Å². The molecule has 33 heavy (non-hydrogen) atoms. The molecule has 0 radical (unpaired) electrons. The van der Waals surface area contributed by atoms with Gasteiger partial charge in [-0.15, -0.1) is 34.4 Å². The fraction of sp³-hybridized carbons (Fsp3) is 0.263. The summed E-state index contributed by atoms with van der Waals surface area (Å²) in [6, 6.07) is -0.912. The molecule has 2 aromatic rings. The van der Waals surface area contributed by atoms with Crippen LogP contribution in [0.3, 0.4) is 0 Å². The van der Waals surface area contributed by atoms with Crippen LogP contribution in [0.25, 0.3) is 6.08 Å². The summed E-state index contributed by atoms with van der Waals surface area (Å²) in [5, 5.41) is 18.2. The first kappa shape index (κ1) is 22.9. The Bertz CT molecular complexity index is 1220. The molecule has 2 aliphatic rings. The van der Waals surface area contributed by atoms with Gasteiger partial charge in [-0.1, -0.05) is 11.2 Å². The van der Waals surface area contributed by atoms with Gasteiger partial charge in [-0.3, -0.25) is 14.5 Å². The van der Waals surface area contributed by atoms with Gasteiger partial charge in [0.25, 0.3) is 11.8 Å².